The Morgan fingerprint density at radius 2 is 1.90 bits per heavy atom. The van der Waals surface area contributed by atoms with Crippen LogP contribution in [0.25, 0.3) is 0 Å². The van der Waals surface area contributed by atoms with Crippen molar-refractivity contribution in [3.05, 3.63) is 18.2 Å². The topological polar surface area (TPSA) is 52.1 Å². The highest BCUT2D eigenvalue weighted by molar-refractivity contribution is 5.84. The minimum atomic E-state index is -4.58. The van der Waals surface area contributed by atoms with Gasteiger partial charge in [-0.05, 0) is 23.7 Å². The molecule has 0 unspecified atom stereocenters. The van der Waals surface area contributed by atoms with Crippen molar-refractivity contribution in [1.29, 1.82) is 0 Å². The van der Waals surface area contributed by atoms with E-state index in [1.807, 2.05) is 6.92 Å². The molecular weight excluding hydrogens is 285 g/mol. The molecule has 1 aromatic heterocycles. The maximum Gasteiger partial charge on any atom is 0.451 e. The average Bonchev–Trinajstić information content (AvgIpc) is 3.19. The van der Waals surface area contributed by atoms with E-state index in [2.05, 4.69) is 16.9 Å². The predicted molar refractivity (Wildman–Crippen MR) is 66.5 cm³/mol. The van der Waals surface area contributed by atoms with Crippen molar-refractivity contribution in [3.8, 4) is 5.75 Å². The summed E-state index contributed by atoms with van der Waals surface area (Å²) in [5.41, 5.74) is 0.490. The molecule has 2 fully saturated rings. The van der Waals surface area contributed by atoms with E-state index in [1.165, 1.54) is 0 Å². The number of fused-ring (bicyclic) bond motifs is 1. The predicted octanol–water partition coefficient (Wildman–Crippen LogP) is 2.88. The van der Waals surface area contributed by atoms with Crippen molar-refractivity contribution >= 4 is 5.78 Å². The number of nitrogens with zero attached hydrogens (tertiary/aromatic N) is 2. The zero-order chi connectivity index (χ0) is 15.5. The molecular formula is C14H15F3N2O2. The minimum Gasteiger partial charge on any atom is -0.483 e. The van der Waals surface area contributed by atoms with Gasteiger partial charge in [-0.3, -0.25) is 4.79 Å². The van der Waals surface area contributed by atoms with E-state index >= 15 is 0 Å². The Balaban J connectivity index is 1.54. The van der Waals surface area contributed by atoms with Gasteiger partial charge in [0.15, 0.2) is 11.5 Å². The number of ketones is 1. The number of carbonyl (C=O) groups excluding carboxylic acids is 1. The number of alkyl halides is 3. The number of carbonyl (C=O) groups is 1. The Bertz CT molecular complexity index is 577. The van der Waals surface area contributed by atoms with Gasteiger partial charge in [-0.25, -0.2) is 9.97 Å². The molecule has 4 nitrogen and oxygen atoms in total. The van der Waals surface area contributed by atoms with Gasteiger partial charge in [-0.15, -0.1) is 0 Å². The smallest absolute Gasteiger partial charge is 0.451 e. The van der Waals surface area contributed by atoms with E-state index in [0.29, 0.717) is 5.41 Å². The number of aromatic nitrogens is 2. The van der Waals surface area contributed by atoms with Crippen LogP contribution in [0.1, 0.15) is 32.5 Å². The minimum absolute atomic E-state index is 0.0314. The summed E-state index contributed by atoms with van der Waals surface area (Å²) in [6, 6.07) is 0. The summed E-state index contributed by atoms with van der Waals surface area (Å²) in [5.74, 6) is -1.26. The fraction of sp³-hybridized carbons (Fsp3) is 0.643. The summed E-state index contributed by atoms with van der Waals surface area (Å²) in [4.78, 5) is 18.4. The molecule has 0 aromatic carbocycles. The quantitative estimate of drug-likeness (QED) is 0.839. The third-order valence-corrected chi connectivity index (χ3v) is 4.94. The Labute approximate surface area is 119 Å². The highest BCUT2D eigenvalue weighted by Gasteiger charge is 2.82. The van der Waals surface area contributed by atoms with Crippen molar-refractivity contribution < 1.29 is 22.7 Å². The van der Waals surface area contributed by atoms with Gasteiger partial charge in [0, 0.05) is 5.92 Å². The maximum absolute atomic E-state index is 12.3. The molecule has 0 saturated heterocycles. The van der Waals surface area contributed by atoms with Crippen molar-refractivity contribution in [2.24, 2.45) is 16.7 Å². The lowest BCUT2D eigenvalue weighted by Crippen LogP contribution is -2.23. The summed E-state index contributed by atoms with van der Waals surface area (Å²) < 4.78 is 42.1. The standard InChI is InChI=1S/C14H15F3N2O2/c1-8(13-6-12(13,2)7-13)10(20)5-21-9-3-18-11(19-4-9)14(15,16)17/h3-4,8H,5-7H2,1-2H3/t8-,12?,13?/m0/s1. The van der Waals surface area contributed by atoms with Crippen LogP contribution in [0, 0.1) is 16.7 Å². The number of Topliss-reactive ketones (excluding diaryl/α,β-unsaturated/α-hetero) is 1. The zero-order valence-corrected chi connectivity index (χ0v) is 11.7. The van der Waals surface area contributed by atoms with E-state index < -0.39 is 12.0 Å². The van der Waals surface area contributed by atoms with Gasteiger partial charge in [0.25, 0.3) is 0 Å². The van der Waals surface area contributed by atoms with E-state index in [1.54, 1.807) is 0 Å². The normalized spacial score (nSPS) is 31.3. The van der Waals surface area contributed by atoms with E-state index in [0.717, 1.165) is 25.2 Å². The van der Waals surface area contributed by atoms with Crippen molar-refractivity contribution in [1.82, 2.24) is 9.97 Å². The summed E-state index contributed by atoms with van der Waals surface area (Å²) in [6.07, 6.45) is -0.550. The fourth-order valence-corrected chi connectivity index (χ4v) is 3.21. The molecule has 0 amide bonds. The molecule has 1 aromatic rings. The second kappa shape index (κ2) is 4.18. The monoisotopic (exact) mass is 300 g/mol. The third kappa shape index (κ3) is 2.28. The van der Waals surface area contributed by atoms with Crippen LogP contribution in [-0.2, 0) is 11.0 Å². The van der Waals surface area contributed by atoms with Crippen LogP contribution in [0.3, 0.4) is 0 Å². The van der Waals surface area contributed by atoms with E-state index in [9.17, 15) is 18.0 Å². The molecule has 0 aliphatic heterocycles. The number of hydrogen-bond donors (Lipinski definition) is 0. The second-order valence-electron chi connectivity index (χ2n) is 6.29. The van der Waals surface area contributed by atoms with Crippen molar-refractivity contribution in [3.63, 3.8) is 0 Å². The first kappa shape index (κ1) is 14.3. The molecule has 7 heteroatoms. The number of rotatable bonds is 5. The van der Waals surface area contributed by atoms with Gasteiger partial charge in [0.1, 0.15) is 6.61 Å². The number of hydrogen-bond acceptors (Lipinski definition) is 4. The molecule has 0 N–H and O–H groups in total. The average molecular weight is 300 g/mol. The summed E-state index contributed by atoms with van der Waals surface area (Å²) in [7, 11) is 0. The fourth-order valence-electron chi connectivity index (χ4n) is 3.21. The van der Waals surface area contributed by atoms with Gasteiger partial charge < -0.3 is 4.74 Å². The van der Waals surface area contributed by atoms with Crippen LogP contribution in [0.4, 0.5) is 13.2 Å². The van der Waals surface area contributed by atoms with Crippen LogP contribution in [0.15, 0.2) is 12.4 Å². The maximum atomic E-state index is 12.3. The first-order chi connectivity index (χ1) is 9.68. The molecule has 114 valence electrons. The highest BCUT2D eigenvalue weighted by Crippen LogP contribution is 2.88. The Hall–Kier alpha value is -1.66. The molecule has 1 heterocycles. The van der Waals surface area contributed by atoms with Crippen LogP contribution in [0.5, 0.6) is 5.75 Å². The third-order valence-electron chi connectivity index (χ3n) is 4.94. The SMILES string of the molecule is C[C@@H](C(=O)COc1cnc(C(F)(F)F)nc1)C12CC1(C)C2. The lowest BCUT2D eigenvalue weighted by atomic mass is 9.94. The highest BCUT2D eigenvalue weighted by atomic mass is 19.4. The second-order valence-corrected chi connectivity index (χ2v) is 6.29. The first-order valence-electron chi connectivity index (χ1n) is 6.73. The molecule has 21 heavy (non-hydrogen) atoms. The van der Waals surface area contributed by atoms with Crippen LogP contribution in [0.2, 0.25) is 0 Å². The largest absolute Gasteiger partial charge is 0.483 e. The molecule has 0 bridgehead atoms. The first-order valence-corrected chi connectivity index (χ1v) is 6.73. The molecule has 1 atom stereocenters. The molecule has 0 radical (unpaired) electrons. The van der Waals surface area contributed by atoms with Crippen LogP contribution < -0.4 is 4.74 Å². The van der Waals surface area contributed by atoms with Crippen molar-refractivity contribution in [2.75, 3.05) is 6.61 Å². The summed E-state index contributed by atoms with van der Waals surface area (Å²) >= 11 is 0. The summed E-state index contributed by atoms with van der Waals surface area (Å²) in [5, 5.41) is 0. The zero-order valence-electron chi connectivity index (χ0n) is 11.7. The Morgan fingerprint density at radius 1 is 1.38 bits per heavy atom. The molecule has 2 saturated carbocycles. The molecule has 3 rings (SSSR count). The van der Waals surface area contributed by atoms with E-state index in [-0.39, 0.29) is 29.5 Å². The lowest BCUT2D eigenvalue weighted by molar-refractivity contribution is -0.145. The van der Waals surface area contributed by atoms with Crippen LogP contribution >= 0.6 is 0 Å². The van der Waals surface area contributed by atoms with E-state index in [4.69, 9.17) is 4.74 Å². The van der Waals surface area contributed by atoms with Crippen molar-refractivity contribution in [2.45, 2.75) is 32.9 Å². The van der Waals surface area contributed by atoms with Gasteiger partial charge in [-0.2, -0.15) is 13.2 Å². The van der Waals surface area contributed by atoms with Crippen LogP contribution in [-0.4, -0.2) is 22.4 Å². The summed E-state index contributed by atoms with van der Waals surface area (Å²) in [6.45, 7) is 3.91. The molecule has 2 aliphatic carbocycles. The Kier molecular flexibility index (Phi) is 2.84. The molecule has 0 spiro atoms. The van der Waals surface area contributed by atoms with Gasteiger partial charge in [0.05, 0.1) is 12.4 Å². The lowest BCUT2D eigenvalue weighted by Gasteiger charge is -2.13. The Morgan fingerprint density at radius 3 is 2.33 bits per heavy atom. The van der Waals surface area contributed by atoms with Gasteiger partial charge in [-0.1, -0.05) is 13.8 Å². The number of halogens is 3. The van der Waals surface area contributed by atoms with Gasteiger partial charge >= 0.3 is 6.18 Å². The van der Waals surface area contributed by atoms with Gasteiger partial charge in [0.2, 0.25) is 5.82 Å². The number of ether oxygens (including phenoxy) is 1. The molecule has 2 aliphatic rings.